The van der Waals surface area contributed by atoms with E-state index in [2.05, 4.69) is 16.9 Å². The molecule has 0 bridgehead atoms. The molecule has 0 aliphatic heterocycles. The van der Waals surface area contributed by atoms with Crippen LogP contribution in [0.15, 0.2) is 4.79 Å². The van der Waals surface area contributed by atoms with Gasteiger partial charge in [-0.25, -0.2) is 4.98 Å². The highest BCUT2D eigenvalue weighted by Crippen LogP contribution is 2.26. The molecule has 0 spiro atoms. The van der Waals surface area contributed by atoms with Gasteiger partial charge in [0.05, 0.1) is 11.1 Å². The molecule has 2 heterocycles. The molecule has 4 nitrogen and oxygen atoms in total. The van der Waals surface area contributed by atoms with Gasteiger partial charge in [0.1, 0.15) is 10.7 Å². The number of aromatic amines is 1. The van der Waals surface area contributed by atoms with Crippen LogP contribution in [0.4, 0.5) is 0 Å². The zero-order valence-electron chi connectivity index (χ0n) is 10.7. The molecule has 0 aliphatic carbocycles. The zero-order valence-corrected chi connectivity index (χ0v) is 12.4. The number of nitrogens with one attached hydrogen (secondary N) is 1. The summed E-state index contributed by atoms with van der Waals surface area (Å²) >= 11 is 3.29. The summed E-state index contributed by atoms with van der Waals surface area (Å²) in [6.07, 6.45) is 0. The van der Waals surface area contributed by atoms with E-state index in [0.29, 0.717) is 17.5 Å². The molecule has 0 radical (unpaired) electrons. The van der Waals surface area contributed by atoms with Crippen LogP contribution in [-0.4, -0.2) is 21.8 Å². The van der Waals surface area contributed by atoms with Gasteiger partial charge in [-0.1, -0.05) is 6.92 Å². The number of rotatable bonds is 4. The van der Waals surface area contributed by atoms with Gasteiger partial charge in [0, 0.05) is 16.7 Å². The lowest BCUT2D eigenvalue weighted by molar-refractivity contribution is 0.944. The number of fused-ring (bicyclic) bond motifs is 1. The highest BCUT2D eigenvalue weighted by molar-refractivity contribution is 7.99. The van der Waals surface area contributed by atoms with Crippen molar-refractivity contribution in [3.05, 3.63) is 26.6 Å². The van der Waals surface area contributed by atoms with Gasteiger partial charge >= 0.3 is 0 Å². The zero-order chi connectivity index (χ0) is 13.3. The smallest absolute Gasteiger partial charge is 0.259 e. The van der Waals surface area contributed by atoms with Gasteiger partial charge in [0.15, 0.2) is 0 Å². The number of hydrogen-bond acceptors (Lipinski definition) is 5. The van der Waals surface area contributed by atoms with Crippen LogP contribution in [0.1, 0.15) is 23.2 Å². The van der Waals surface area contributed by atoms with Crippen molar-refractivity contribution in [2.75, 3.05) is 6.54 Å². The Morgan fingerprint density at radius 3 is 2.89 bits per heavy atom. The number of thioether (sulfide) groups is 1. The molecular formula is C12H17N3OS2. The monoisotopic (exact) mass is 283 g/mol. The second-order valence-electron chi connectivity index (χ2n) is 4.33. The molecule has 6 heteroatoms. The maximum atomic E-state index is 12.0. The highest BCUT2D eigenvalue weighted by Gasteiger charge is 2.12. The summed E-state index contributed by atoms with van der Waals surface area (Å²) in [6.45, 7) is 6.69. The van der Waals surface area contributed by atoms with Crippen molar-refractivity contribution < 1.29 is 0 Å². The summed E-state index contributed by atoms with van der Waals surface area (Å²) in [6, 6.07) is 0. The molecule has 18 heavy (non-hydrogen) atoms. The summed E-state index contributed by atoms with van der Waals surface area (Å²) < 4.78 is 0. The van der Waals surface area contributed by atoms with Gasteiger partial charge in [-0.15, -0.1) is 23.1 Å². The maximum absolute atomic E-state index is 12.0. The van der Waals surface area contributed by atoms with Crippen LogP contribution >= 0.6 is 23.1 Å². The van der Waals surface area contributed by atoms with Crippen molar-refractivity contribution in [3.8, 4) is 0 Å². The number of aromatic nitrogens is 2. The van der Waals surface area contributed by atoms with Crippen molar-refractivity contribution in [1.29, 1.82) is 0 Å². The topological polar surface area (TPSA) is 71.8 Å². The minimum atomic E-state index is -0.0298. The number of nitrogens with two attached hydrogens (primary N) is 1. The Balaban J connectivity index is 2.35. The quantitative estimate of drug-likeness (QED) is 0.902. The van der Waals surface area contributed by atoms with Crippen LogP contribution in [0.2, 0.25) is 0 Å². The average molecular weight is 283 g/mol. The van der Waals surface area contributed by atoms with Crippen molar-refractivity contribution in [1.82, 2.24) is 9.97 Å². The van der Waals surface area contributed by atoms with E-state index in [1.165, 1.54) is 0 Å². The van der Waals surface area contributed by atoms with E-state index in [-0.39, 0.29) is 5.56 Å². The normalized spacial score (nSPS) is 13.1. The molecule has 2 aromatic heterocycles. The third-order valence-electron chi connectivity index (χ3n) is 2.92. The van der Waals surface area contributed by atoms with E-state index < -0.39 is 0 Å². The first kappa shape index (κ1) is 13.6. The molecule has 1 unspecified atom stereocenters. The van der Waals surface area contributed by atoms with E-state index in [0.717, 1.165) is 26.5 Å². The fraction of sp³-hybridized carbons (Fsp3) is 0.500. The Kier molecular flexibility index (Phi) is 4.09. The Hall–Kier alpha value is -0.850. The van der Waals surface area contributed by atoms with Crippen molar-refractivity contribution in [3.63, 3.8) is 0 Å². The molecule has 1 atom stereocenters. The lowest BCUT2D eigenvalue weighted by Gasteiger charge is -2.07. The largest absolute Gasteiger partial charge is 0.329 e. The number of aryl methyl sites for hydroxylation is 2. The van der Waals surface area contributed by atoms with Crippen LogP contribution in [0.25, 0.3) is 10.2 Å². The second-order valence-corrected chi connectivity index (χ2v) is 6.96. The number of hydrogen-bond donors (Lipinski definition) is 2. The third-order valence-corrected chi connectivity index (χ3v) is 5.23. The van der Waals surface area contributed by atoms with Gasteiger partial charge in [-0.2, -0.15) is 0 Å². The highest BCUT2D eigenvalue weighted by atomic mass is 32.2. The summed E-state index contributed by atoms with van der Waals surface area (Å²) in [5.41, 5.74) is 6.58. The first-order chi connectivity index (χ1) is 8.52. The minimum absolute atomic E-state index is 0.0298. The SMILES string of the molecule is Cc1sc2nc(CSC(C)CN)[nH]c(=O)c2c1C. The van der Waals surface area contributed by atoms with Crippen molar-refractivity contribution in [2.24, 2.45) is 5.73 Å². The molecule has 0 saturated carbocycles. The summed E-state index contributed by atoms with van der Waals surface area (Å²) in [5.74, 6) is 1.43. The Labute approximate surface area is 114 Å². The van der Waals surface area contributed by atoms with E-state index >= 15 is 0 Å². The second kappa shape index (κ2) is 5.42. The average Bonchev–Trinajstić information content (AvgIpc) is 2.62. The van der Waals surface area contributed by atoms with Crippen molar-refractivity contribution >= 4 is 33.3 Å². The Morgan fingerprint density at radius 2 is 2.22 bits per heavy atom. The molecule has 0 aromatic carbocycles. The first-order valence-corrected chi connectivity index (χ1v) is 7.70. The lowest BCUT2D eigenvalue weighted by atomic mass is 10.2. The van der Waals surface area contributed by atoms with Crippen LogP contribution in [0, 0.1) is 13.8 Å². The molecule has 0 amide bonds. The predicted molar refractivity (Wildman–Crippen MR) is 79.5 cm³/mol. The third kappa shape index (κ3) is 2.60. The van der Waals surface area contributed by atoms with E-state index in [1.807, 2.05) is 13.8 Å². The molecule has 2 rings (SSSR count). The van der Waals surface area contributed by atoms with Gasteiger partial charge in [0.25, 0.3) is 5.56 Å². The molecule has 0 aliphatic rings. The molecule has 0 saturated heterocycles. The van der Waals surface area contributed by atoms with E-state index in [1.54, 1.807) is 23.1 Å². The summed E-state index contributed by atoms with van der Waals surface area (Å²) in [5, 5.41) is 1.11. The lowest BCUT2D eigenvalue weighted by Crippen LogP contribution is -2.15. The van der Waals surface area contributed by atoms with Gasteiger partial charge in [-0.3, -0.25) is 4.79 Å². The van der Waals surface area contributed by atoms with Crippen LogP contribution in [-0.2, 0) is 5.75 Å². The first-order valence-electron chi connectivity index (χ1n) is 5.83. The van der Waals surface area contributed by atoms with Gasteiger partial charge < -0.3 is 10.7 Å². The van der Waals surface area contributed by atoms with Crippen LogP contribution in [0.5, 0.6) is 0 Å². The molecule has 2 aromatic rings. The molecular weight excluding hydrogens is 266 g/mol. The standard InChI is InChI=1S/C12H17N3OS2/c1-6(4-13)17-5-9-14-11(16)10-7(2)8(3)18-12(10)15-9/h6H,4-5,13H2,1-3H3,(H,14,15,16). The van der Waals surface area contributed by atoms with Crippen molar-refractivity contribution in [2.45, 2.75) is 31.8 Å². The Morgan fingerprint density at radius 1 is 1.50 bits per heavy atom. The van der Waals surface area contributed by atoms with Gasteiger partial charge in [-0.05, 0) is 19.4 Å². The predicted octanol–water partition coefficient (Wildman–Crippen LogP) is 2.18. The van der Waals surface area contributed by atoms with Gasteiger partial charge in [0.2, 0.25) is 0 Å². The van der Waals surface area contributed by atoms with E-state index in [9.17, 15) is 4.79 Å². The summed E-state index contributed by atoms with van der Waals surface area (Å²) in [4.78, 5) is 21.4. The molecule has 98 valence electrons. The Bertz CT molecular complexity index is 618. The maximum Gasteiger partial charge on any atom is 0.259 e. The number of thiophene rings is 1. The molecule has 3 N–H and O–H groups in total. The number of nitrogens with zero attached hydrogens (tertiary/aromatic N) is 1. The summed E-state index contributed by atoms with van der Waals surface area (Å²) in [7, 11) is 0. The van der Waals surface area contributed by atoms with Crippen LogP contribution < -0.4 is 11.3 Å². The fourth-order valence-electron chi connectivity index (χ4n) is 1.66. The van der Waals surface area contributed by atoms with Crippen LogP contribution in [0.3, 0.4) is 0 Å². The minimum Gasteiger partial charge on any atom is -0.329 e. The van der Waals surface area contributed by atoms with E-state index in [4.69, 9.17) is 5.73 Å². The number of H-pyrrole nitrogens is 1. The molecule has 0 fully saturated rings. The fourth-order valence-corrected chi connectivity index (χ4v) is 3.42.